The van der Waals surface area contributed by atoms with Crippen LogP contribution in [0.1, 0.15) is 30.1 Å². The third-order valence-electron chi connectivity index (χ3n) is 3.64. The molecule has 0 spiro atoms. The number of amides is 1. The van der Waals surface area contributed by atoms with Gasteiger partial charge >= 0.3 is 5.97 Å². The van der Waals surface area contributed by atoms with Crippen molar-refractivity contribution < 1.29 is 28.5 Å². The summed E-state index contributed by atoms with van der Waals surface area (Å²) in [7, 11) is 1.48. The summed E-state index contributed by atoms with van der Waals surface area (Å²) in [5.41, 5.74) is 0.247. The first-order chi connectivity index (χ1) is 11.1. The van der Waals surface area contributed by atoms with Crippen LogP contribution >= 0.6 is 0 Å². The van der Waals surface area contributed by atoms with Crippen molar-refractivity contribution in [2.75, 3.05) is 20.3 Å². The highest BCUT2D eigenvalue weighted by molar-refractivity contribution is 5.93. The fourth-order valence-corrected chi connectivity index (χ4v) is 2.22. The average molecular weight is 321 g/mol. The topological polar surface area (TPSA) is 83.1 Å². The smallest absolute Gasteiger partial charge is 0.339 e. The molecule has 7 heteroatoms. The van der Waals surface area contributed by atoms with Crippen LogP contribution in [-0.4, -0.2) is 44.3 Å². The van der Waals surface area contributed by atoms with Gasteiger partial charge in [-0.1, -0.05) is 0 Å². The van der Waals surface area contributed by atoms with Gasteiger partial charge in [0.2, 0.25) is 5.75 Å². The molecule has 1 aliphatic carbocycles. The zero-order chi connectivity index (χ0) is 16.4. The molecule has 0 unspecified atom stereocenters. The van der Waals surface area contributed by atoms with Gasteiger partial charge in [-0.15, -0.1) is 0 Å². The number of ether oxygens (including phenoxy) is 4. The lowest BCUT2D eigenvalue weighted by atomic mass is 10.1. The zero-order valence-corrected chi connectivity index (χ0v) is 13.1. The molecule has 1 aromatic carbocycles. The van der Waals surface area contributed by atoms with Crippen LogP contribution in [0, 0.1) is 0 Å². The molecule has 7 nitrogen and oxygen atoms in total. The molecule has 1 amide bonds. The monoisotopic (exact) mass is 321 g/mol. The molecular weight excluding hydrogens is 302 g/mol. The highest BCUT2D eigenvalue weighted by atomic mass is 16.6. The van der Waals surface area contributed by atoms with Gasteiger partial charge in [0.15, 0.2) is 17.6 Å². The minimum Gasteiger partial charge on any atom is -0.493 e. The van der Waals surface area contributed by atoms with E-state index in [1.807, 2.05) is 0 Å². The molecule has 3 rings (SSSR count). The summed E-state index contributed by atoms with van der Waals surface area (Å²) in [6.45, 7) is 2.37. The van der Waals surface area contributed by atoms with Crippen molar-refractivity contribution in [1.82, 2.24) is 5.32 Å². The van der Waals surface area contributed by atoms with Gasteiger partial charge in [-0.3, -0.25) is 4.79 Å². The average Bonchev–Trinajstić information content (AvgIpc) is 3.37. The van der Waals surface area contributed by atoms with E-state index in [1.54, 1.807) is 6.92 Å². The van der Waals surface area contributed by atoms with Crippen LogP contribution in [0.5, 0.6) is 17.2 Å². The third kappa shape index (κ3) is 3.49. The molecule has 2 aliphatic rings. The van der Waals surface area contributed by atoms with Crippen LogP contribution in [0.3, 0.4) is 0 Å². The molecule has 23 heavy (non-hydrogen) atoms. The highest BCUT2D eigenvalue weighted by Gasteiger charge is 2.28. The van der Waals surface area contributed by atoms with E-state index in [4.69, 9.17) is 18.9 Å². The van der Waals surface area contributed by atoms with Gasteiger partial charge < -0.3 is 24.3 Å². The molecule has 1 heterocycles. The summed E-state index contributed by atoms with van der Waals surface area (Å²) in [4.78, 5) is 24.1. The number of hydrogen-bond donors (Lipinski definition) is 1. The number of benzene rings is 1. The Bertz CT molecular complexity index is 608. The molecule has 0 radical (unpaired) electrons. The van der Waals surface area contributed by atoms with E-state index in [9.17, 15) is 9.59 Å². The van der Waals surface area contributed by atoms with E-state index >= 15 is 0 Å². The molecule has 1 N–H and O–H groups in total. The van der Waals surface area contributed by atoms with Crippen LogP contribution in [0.15, 0.2) is 12.1 Å². The van der Waals surface area contributed by atoms with Crippen molar-refractivity contribution in [1.29, 1.82) is 0 Å². The number of methoxy groups -OCH3 is 1. The first-order valence-corrected chi connectivity index (χ1v) is 7.57. The molecule has 124 valence electrons. The van der Waals surface area contributed by atoms with Crippen LogP contribution in [0.4, 0.5) is 0 Å². The third-order valence-corrected chi connectivity index (χ3v) is 3.64. The second kappa shape index (κ2) is 6.36. The second-order valence-corrected chi connectivity index (χ2v) is 5.53. The minimum absolute atomic E-state index is 0.220. The second-order valence-electron chi connectivity index (χ2n) is 5.53. The lowest BCUT2D eigenvalue weighted by Gasteiger charge is -2.21. The maximum Gasteiger partial charge on any atom is 0.339 e. The van der Waals surface area contributed by atoms with E-state index in [0.717, 1.165) is 12.8 Å². The Morgan fingerprint density at radius 2 is 2.00 bits per heavy atom. The van der Waals surface area contributed by atoms with Gasteiger partial charge in [-0.2, -0.15) is 0 Å². The van der Waals surface area contributed by atoms with Crippen LogP contribution in [0.25, 0.3) is 0 Å². The standard InChI is InChI=1S/C16H19NO6/c1-9(15(18)17-11-3-4-11)23-16(19)10-7-12(20-2)14-13(8-10)21-5-6-22-14/h7-9,11H,3-6H2,1-2H3,(H,17,18)/t9-/m1/s1. The molecular formula is C16H19NO6. The van der Waals surface area contributed by atoms with E-state index in [0.29, 0.717) is 30.5 Å². The first-order valence-electron chi connectivity index (χ1n) is 7.57. The summed E-state index contributed by atoms with van der Waals surface area (Å²) in [6, 6.07) is 3.27. The van der Waals surface area contributed by atoms with E-state index in [-0.39, 0.29) is 17.5 Å². The Hall–Kier alpha value is -2.44. The quantitative estimate of drug-likeness (QED) is 0.823. The number of fused-ring (bicyclic) bond motifs is 1. The summed E-state index contributed by atoms with van der Waals surface area (Å²) in [5, 5.41) is 2.80. The molecule has 0 saturated heterocycles. The van der Waals surface area contributed by atoms with Gasteiger partial charge in [-0.05, 0) is 31.9 Å². The fraction of sp³-hybridized carbons (Fsp3) is 0.500. The number of nitrogens with one attached hydrogen (secondary N) is 1. The van der Waals surface area contributed by atoms with Gasteiger partial charge in [0, 0.05) is 6.04 Å². The first kappa shape index (κ1) is 15.5. The molecule has 0 aromatic heterocycles. The van der Waals surface area contributed by atoms with Crippen LogP contribution in [-0.2, 0) is 9.53 Å². The lowest BCUT2D eigenvalue weighted by molar-refractivity contribution is -0.129. The maximum atomic E-state index is 12.3. The van der Waals surface area contributed by atoms with E-state index in [1.165, 1.54) is 19.2 Å². The molecule has 0 bridgehead atoms. The molecule has 1 saturated carbocycles. The Morgan fingerprint density at radius 3 is 2.70 bits per heavy atom. The number of carbonyl (C=O) groups excluding carboxylic acids is 2. The Labute approximate surface area is 133 Å². The maximum absolute atomic E-state index is 12.3. The number of esters is 1. The summed E-state index contributed by atoms with van der Waals surface area (Å²) < 4.78 is 21.4. The Kier molecular flexibility index (Phi) is 4.27. The number of carbonyl (C=O) groups is 2. The zero-order valence-electron chi connectivity index (χ0n) is 13.1. The fourth-order valence-electron chi connectivity index (χ4n) is 2.22. The van der Waals surface area contributed by atoms with Crippen molar-refractivity contribution in [3.8, 4) is 17.2 Å². The molecule has 1 fully saturated rings. The normalized spacial score (nSPS) is 17.1. The van der Waals surface area contributed by atoms with E-state index in [2.05, 4.69) is 5.32 Å². The van der Waals surface area contributed by atoms with E-state index < -0.39 is 12.1 Å². The van der Waals surface area contributed by atoms with Crippen molar-refractivity contribution in [3.05, 3.63) is 17.7 Å². The number of hydrogen-bond acceptors (Lipinski definition) is 6. The van der Waals surface area contributed by atoms with Crippen molar-refractivity contribution in [2.24, 2.45) is 0 Å². The largest absolute Gasteiger partial charge is 0.493 e. The van der Waals surface area contributed by atoms with Crippen molar-refractivity contribution in [2.45, 2.75) is 31.9 Å². The summed E-state index contributed by atoms with van der Waals surface area (Å²) >= 11 is 0. The molecule has 1 atom stereocenters. The minimum atomic E-state index is -0.859. The predicted octanol–water partition coefficient (Wildman–Crippen LogP) is 1.29. The molecule has 1 aromatic rings. The number of rotatable bonds is 5. The predicted molar refractivity (Wildman–Crippen MR) is 80.0 cm³/mol. The van der Waals surface area contributed by atoms with Gasteiger partial charge in [-0.25, -0.2) is 4.79 Å². The van der Waals surface area contributed by atoms with Crippen molar-refractivity contribution in [3.63, 3.8) is 0 Å². The molecule has 1 aliphatic heterocycles. The SMILES string of the molecule is COc1cc(C(=O)O[C@H](C)C(=O)NC2CC2)cc2c1OCCO2. The van der Waals surface area contributed by atoms with Crippen LogP contribution < -0.4 is 19.5 Å². The van der Waals surface area contributed by atoms with Gasteiger partial charge in [0.25, 0.3) is 5.91 Å². The van der Waals surface area contributed by atoms with Crippen LogP contribution in [0.2, 0.25) is 0 Å². The summed E-state index contributed by atoms with van der Waals surface area (Å²) in [5.74, 6) is 0.390. The van der Waals surface area contributed by atoms with Gasteiger partial charge in [0.05, 0.1) is 12.7 Å². The Balaban J connectivity index is 1.72. The summed E-state index contributed by atoms with van der Waals surface area (Å²) in [6.07, 6.45) is 1.10. The van der Waals surface area contributed by atoms with Crippen molar-refractivity contribution >= 4 is 11.9 Å². The van der Waals surface area contributed by atoms with Gasteiger partial charge in [0.1, 0.15) is 13.2 Å². The highest BCUT2D eigenvalue weighted by Crippen LogP contribution is 2.40. The Morgan fingerprint density at radius 1 is 1.26 bits per heavy atom. The lowest BCUT2D eigenvalue weighted by Crippen LogP contribution is -2.37.